The van der Waals surface area contributed by atoms with Gasteiger partial charge in [-0.2, -0.15) is 4.98 Å². The van der Waals surface area contributed by atoms with Gasteiger partial charge in [-0.1, -0.05) is 12.8 Å². The second-order valence-corrected chi connectivity index (χ2v) is 6.45. The van der Waals surface area contributed by atoms with Gasteiger partial charge in [0.15, 0.2) is 5.65 Å². The van der Waals surface area contributed by atoms with E-state index in [4.69, 9.17) is 9.47 Å². The molecule has 9 heteroatoms. The minimum absolute atomic E-state index is 0.0260. The molecule has 1 saturated heterocycles. The Morgan fingerprint density at radius 3 is 2.88 bits per heavy atom. The maximum absolute atomic E-state index is 12.7. The quantitative estimate of drug-likeness (QED) is 0.824. The number of nitrogens with one attached hydrogen (secondary N) is 2. The molecule has 1 atom stereocenters. The van der Waals surface area contributed by atoms with Crippen LogP contribution in [0.4, 0.5) is 5.95 Å². The Hall–Kier alpha value is -2.26. The van der Waals surface area contributed by atoms with Crippen molar-refractivity contribution in [2.75, 3.05) is 31.7 Å². The molecular formula is C16H21N5O4. The van der Waals surface area contributed by atoms with Crippen molar-refractivity contribution < 1.29 is 9.47 Å². The van der Waals surface area contributed by atoms with Crippen LogP contribution in [0.2, 0.25) is 0 Å². The van der Waals surface area contributed by atoms with E-state index in [2.05, 4.69) is 20.3 Å². The summed E-state index contributed by atoms with van der Waals surface area (Å²) in [5.74, 6) is 0.343. The van der Waals surface area contributed by atoms with Crippen LogP contribution in [0.15, 0.2) is 15.8 Å². The van der Waals surface area contributed by atoms with Crippen LogP contribution in [0, 0.1) is 0 Å². The van der Waals surface area contributed by atoms with Gasteiger partial charge in [0.25, 0.3) is 5.56 Å². The average molecular weight is 347 g/mol. The maximum Gasteiger partial charge on any atom is 0.330 e. The predicted octanol–water partition coefficient (Wildman–Crippen LogP) is 0.422. The summed E-state index contributed by atoms with van der Waals surface area (Å²) < 4.78 is 12.2. The van der Waals surface area contributed by atoms with Gasteiger partial charge >= 0.3 is 5.69 Å². The summed E-state index contributed by atoms with van der Waals surface area (Å²) in [5.41, 5.74) is -0.471. The Morgan fingerprint density at radius 1 is 1.28 bits per heavy atom. The van der Waals surface area contributed by atoms with Crippen molar-refractivity contribution in [3.63, 3.8) is 0 Å². The topological polar surface area (TPSA) is 111 Å². The van der Waals surface area contributed by atoms with Gasteiger partial charge in [-0.3, -0.25) is 14.3 Å². The van der Waals surface area contributed by atoms with Crippen LogP contribution in [0.1, 0.15) is 31.7 Å². The Kier molecular flexibility index (Phi) is 4.50. The monoisotopic (exact) mass is 347 g/mol. The van der Waals surface area contributed by atoms with Gasteiger partial charge < -0.3 is 14.8 Å². The molecule has 2 aromatic heterocycles. The van der Waals surface area contributed by atoms with Crippen LogP contribution in [-0.2, 0) is 9.47 Å². The van der Waals surface area contributed by atoms with Crippen LogP contribution < -0.4 is 16.6 Å². The molecule has 1 saturated carbocycles. The molecule has 134 valence electrons. The summed E-state index contributed by atoms with van der Waals surface area (Å²) >= 11 is 0. The highest BCUT2D eigenvalue weighted by Gasteiger charge is 2.22. The summed E-state index contributed by atoms with van der Waals surface area (Å²) in [4.78, 5) is 36.2. The highest BCUT2D eigenvalue weighted by atomic mass is 16.6. The first-order valence-corrected chi connectivity index (χ1v) is 8.67. The van der Waals surface area contributed by atoms with E-state index >= 15 is 0 Å². The number of nitrogens with zero attached hydrogens (tertiary/aromatic N) is 3. The molecule has 0 spiro atoms. The third-order valence-corrected chi connectivity index (χ3v) is 4.74. The Morgan fingerprint density at radius 2 is 2.12 bits per heavy atom. The Bertz CT molecular complexity index is 865. The van der Waals surface area contributed by atoms with Crippen molar-refractivity contribution in [1.29, 1.82) is 0 Å². The fourth-order valence-electron chi connectivity index (χ4n) is 3.46. The van der Waals surface area contributed by atoms with Crippen molar-refractivity contribution in [2.45, 2.75) is 37.8 Å². The van der Waals surface area contributed by atoms with Gasteiger partial charge in [-0.05, 0) is 12.8 Å². The van der Waals surface area contributed by atoms with Crippen LogP contribution in [0.5, 0.6) is 0 Å². The van der Waals surface area contributed by atoms with Crippen molar-refractivity contribution in [3.8, 4) is 0 Å². The van der Waals surface area contributed by atoms with Crippen molar-refractivity contribution in [2.24, 2.45) is 0 Å². The molecule has 3 heterocycles. The number of fused-ring (bicyclic) bond motifs is 1. The average Bonchev–Trinajstić information content (AvgIpc) is 3.15. The van der Waals surface area contributed by atoms with E-state index in [0.717, 1.165) is 25.7 Å². The number of ether oxygens (including phenoxy) is 2. The number of rotatable bonds is 4. The Labute approximate surface area is 143 Å². The molecule has 2 fully saturated rings. The standard InChI is InChI=1S/C16H21N5O4/c22-14-12-8-18-15(17-7-11-9-24-5-6-25-11)19-13(12)20-16(23)21(14)10-3-1-2-4-10/h8,10-11H,1-7,9H2,(H2,17,18,19,20,23)/t11-/m0/s1. The SMILES string of the molecule is O=c1[nH]c2nc(NC[C@H]3COCCO3)ncc2c(=O)n1C1CCCC1. The predicted molar refractivity (Wildman–Crippen MR) is 91.0 cm³/mol. The first-order chi connectivity index (χ1) is 12.2. The van der Waals surface area contributed by atoms with E-state index in [1.54, 1.807) is 0 Å². The van der Waals surface area contributed by atoms with Crippen LogP contribution in [-0.4, -0.2) is 52.0 Å². The minimum Gasteiger partial charge on any atom is -0.376 e. The van der Waals surface area contributed by atoms with Crippen molar-refractivity contribution in [1.82, 2.24) is 19.5 Å². The number of aromatic nitrogens is 4. The lowest BCUT2D eigenvalue weighted by Crippen LogP contribution is -2.37. The first-order valence-electron chi connectivity index (χ1n) is 8.67. The zero-order valence-corrected chi connectivity index (χ0v) is 13.9. The lowest BCUT2D eigenvalue weighted by molar-refractivity contribution is -0.0819. The molecule has 4 rings (SSSR count). The molecule has 0 unspecified atom stereocenters. The van der Waals surface area contributed by atoms with Crippen molar-refractivity contribution in [3.05, 3.63) is 27.0 Å². The second-order valence-electron chi connectivity index (χ2n) is 6.45. The third kappa shape index (κ3) is 3.29. The van der Waals surface area contributed by atoms with Gasteiger partial charge in [0.05, 0.1) is 25.9 Å². The zero-order chi connectivity index (χ0) is 17.2. The second kappa shape index (κ2) is 6.93. The summed E-state index contributed by atoms with van der Waals surface area (Å²) in [6.45, 7) is 2.19. The van der Waals surface area contributed by atoms with Crippen molar-refractivity contribution >= 4 is 17.0 Å². The lowest BCUT2D eigenvalue weighted by atomic mass is 10.2. The maximum atomic E-state index is 12.7. The summed E-state index contributed by atoms with van der Waals surface area (Å²) in [7, 11) is 0. The van der Waals surface area contributed by atoms with E-state index in [1.807, 2.05) is 0 Å². The van der Waals surface area contributed by atoms with E-state index in [9.17, 15) is 9.59 Å². The number of hydrogen-bond acceptors (Lipinski definition) is 7. The number of hydrogen-bond donors (Lipinski definition) is 2. The normalized spacial score (nSPS) is 21.7. The van der Waals surface area contributed by atoms with E-state index < -0.39 is 5.69 Å². The molecular weight excluding hydrogens is 326 g/mol. The highest BCUT2D eigenvalue weighted by Crippen LogP contribution is 2.27. The molecule has 0 amide bonds. The number of aromatic amines is 1. The van der Waals surface area contributed by atoms with Gasteiger partial charge in [0.1, 0.15) is 5.39 Å². The molecule has 9 nitrogen and oxygen atoms in total. The smallest absolute Gasteiger partial charge is 0.330 e. The van der Waals surface area contributed by atoms with E-state index in [0.29, 0.717) is 37.7 Å². The molecule has 1 aliphatic heterocycles. The van der Waals surface area contributed by atoms with Crippen LogP contribution >= 0.6 is 0 Å². The highest BCUT2D eigenvalue weighted by molar-refractivity contribution is 5.73. The van der Waals surface area contributed by atoms with Gasteiger partial charge in [0, 0.05) is 18.8 Å². The lowest BCUT2D eigenvalue weighted by Gasteiger charge is -2.23. The Balaban J connectivity index is 1.59. The fraction of sp³-hybridized carbons (Fsp3) is 0.625. The molecule has 0 bridgehead atoms. The molecule has 25 heavy (non-hydrogen) atoms. The van der Waals surface area contributed by atoms with Crippen LogP contribution in [0.3, 0.4) is 0 Å². The largest absolute Gasteiger partial charge is 0.376 e. The molecule has 0 aromatic carbocycles. The molecule has 2 N–H and O–H groups in total. The number of anilines is 1. The summed E-state index contributed by atoms with van der Waals surface area (Å²) in [6, 6.07) is -0.0260. The molecule has 0 radical (unpaired) electrons. The van der Waals surface area contributed by atoms with E-state index in [1.165, 1.54) is 10.8 Å². The minimum atomic E-state index is -0.405. The summed E-state index contributed by atoms with van der Waals surface area (Å²) in [5, 5.41) is 3.39. The number of H-pyrrole nitrogens is 1. The molecule has 1 aliphatic carbocycles. The molecule has 2 aliphatic rings. The van der Waals surface area contributed by atoms with Gasteiger partial charge in [-0.15, -0.1) is 0 Å². The summed E-state index contributed by atoms with van der Waals surface area (Å²) in [6.07, 6.45) is 5.20. The fourth-order valence-corrected chi connectivity index (χ4v) is 3.46. The third-order valence-electron chi connectivity index (χ3n) is 4.74. The zero-order valence-electron chi connectivity index (χ0n) is 13.9. The molecule has 2 aromatic rings. The van der Waals surface area contributed by atoms with Gasteiger partial charge in [-0.25, -0.2) is 9.78 Å². The van der Waals surface area contributed by atoms with Crippen LogP contribution in [0.25, 0.3) is 11.0 Å². The first kappa shape index (κ1) is 16.2. The van der Waals surface area contributed by atoms with Gasteiger partial charge in [0.2, 0.25) is 5.95 Å². The van der Waals surface area contributed by atoms with E-state index in [-0.39, 0.29) is 23.4 Å².